The average Bonchev–Trinajstić information content (AvgIpc) is 3.57. The average molecular weight is 584 g/mol. The van der Waals surface area contributed by atoms with Crippen LogP contribution in [0.5, 0.6) is 0 Å². The van der Waals surface area contributed by atoms with Gasteiger partial charge in [0.15, 0.2) is 5.65 Å². The van der Waals surface area contributed by atoms with Crippen LogP contribution in [0.4, 0.5) is 10.1 Å². The van der Waals surface area contributed by atoms with E-state index in [-0.39, 0.29) is 11.7 Å². The van der Waals surface area contributed by atoms with Gasteiger partial charge in [0.1, 0.15) is 29.0 Å². The zero-order valence-electron chi connectivity index (χ0n) is 23.2. The number of amides is 1. The summed E-state index contributed by atoms with van der Waals surface area (Å²) in [5, 5.41) is 3.19. The van der Waals surface area contributed by atoms with E-state index in [1.165, 1.54) is 19.2 Å². The molecular formula is C31H26FN5O4S. The van der Waals surface area contributed by atoms with E-state index in [1.54, 1.807) is 54.3 Å². The van der Waals surface area contributed by atoms with Crippen molar-refractivity contribution in [3.63, 3.8) is 0 Å². The van der Waals surface area contributed by atoms with Crippen LogP contribution in [0.25, 0.3) is 50.4 Å². The highest BCUT2D eigenvalue weighted by Crippen LogP contribution is 2.41. The number of hydrogen-bond donors (Lipinski definition) is 1. The van der Waals surface area contributed by atoms with E-state index in [1.807, 2.05) is 31.2 Å². The van der Waals surface area contributed by atoms with E-state index >= 15 is 0 Å². The Morgan fingerprint density at radius 3 is 2.40 bits per heavy atom. The summed E-state index contributed by atoms with van der Waals surface area (Å²) in [7, 11) is -0.702. The van der Waals surface area contributed by atoms with E-state index in [0.29, 0.717) is 61.7 Å². The maximum Gasteiger partial charge on any atom is 0.255 e. The predicted octanol–water partition coefficient (Wildman–Crippen LogP) is 5.70. The third-order valence-corrected chi connectivity index (χ3v) is 8.38. The van der Waals surface area contributed by atoms with E-state index in [2.05, 4.69) is 10.3 Å². The first-order valence-corrected chi connectivity index (χ1v) is 14.8. The van der Waals surface area contributed by atoms with Crippen molar-refractivity contribution in [2.24, 2.45) is 0 Å². The first-order chi connectivity index (χ1) is 20.0. The molecule has 0 spiro atoms. The summed E-state index contributed by atoms with van der Waals surface area (Å²) >= 11 is 0. The molecule has 42 heavy (non-hydrogen) atoms. The van der Waals surface area contributed by atoms with Crippen molar-refractivity contribution in [1.82, 2.24) is 19.9 Å². The second-order valence-corrected chi connectivity index (χ2v) is 12.0. The number of halogens is 1. The van der Waals surface area contributed by atoms with Gasteiger partial charge in [0, 0.05) is 42.4 Å². The molecule has 6 aromatic rings. The van der Waals surface area contributed by atoms with Crippen molar-refractivity contribution in [1.29, 1.82) is 0 Å². The number of nitrogens with one attached hydrogen (secondary N) is 1. The van der Waals surface area contributed by atoms with Crippen LogP contribution in [0.3, 0.4) is 0 Å². The normalized spacial score (nSPS) is 11.7. The van der Waals surface area contributed by atoms with E-state index in [0.717, 1.165) is 16.1 Å². The lowest BCUT2D eigenvalue weighted by Crippen LogP contribution is -2.25. The summed E-state index contributed by atoms with van der Waals surface area (Å²) in [6.45, 7) is 1.97. The number of fused-ring (bicyclic) bond motifs is 2. The number of aryl methyl sites for hydroxylation is 1. The minimum Gasteiger partial charge on any atom is -0.455 e. The quantitative estimate of drug-likeness (QED) is 0.269. The molecule has 0 bridgehead atoms. The third-order valence-electron chi connectivity index (χ3n) is 7.19. The van der Waals surface area contributed by atoms with Crippen LogP contribution in [0.15, 0.2) is 83.5 Å². The van der Waals surface area contributed by atoms with Gasteiger partial charge < -0.3 is 9.73 Å². The fourth-order valence-electron chi connectivity index (χ4n) is 4.87. The number of furan rings is 1. The van der Waals surface area contributed by atoms with Gasteiger partial charge in [-0.25, -0.2) is 22.8 Å². The molecule has 1 amide bonds. The lowest BCUT2D eigenvalue weighted by molar-refractivity contribution is 0.0964. The van der Waals surface area contributed by atoms with Gasteiger partial charge in [-0.2, -0.15) is 0 Å². The van der Waals surface area contributed by atoms with Crippen LogP contribution >= 0.6 is 0 Å². The summed E-state index contributed by atoms with van der Waals surface area (Å²) in [6.07, 6.45) is 2.70. The molecule has 3 heterocycles. The molecule has 0 fully saturated rings. The first kappa shape index (κ1) is 27.2. The number of benzene rings is 3. The maximum absolute atomic E-state index is 13.6. The van der Waals surface area contributed by atoms with Crippen molar-refractivity contribution >= 4 is 43.8 Å². The van der Waals surface area contributed by atoms with Gasteiger partial charge in [0.05, 0.1) is 23.2 Å². The van der Waals surface area contributed by atoms with Gasteiger partial charge in [-0.1, -0.05) is 29.8 Å². The standard InChI is InChI=1S/C31H26FN5O4S/c1-18-5-7-19(8-6-18)29-28(31(38)33-2)23-15-22(26(16-27(23)41-29)36(3)42(4,39)40)24-13-14-25-30(35-24)37(17-34-25)21-11-9-20(32)10-12-21/h5-17H,1-4H3,(H,33,38). The van der Waals surface area contributed by atoms with Gasteiger partial charge in [-0.05, 0) is 49.4 Å². The predicted molar refractivity (Wildman–Crippen MR) is 161 cm³/mol. The minimum atomic E-state index is -3.69. The molecule has 6 rings (SSSR count). The Hall–Kier alpha value is -5.03. The van der Waals surface area contributed by atoms with Crippen LogP contribution in [0.1, 0.15) is 15.9 Å². The highest BCUT2D eigenvalue weighted by molar-refractivity contribution is 7.92. The van der Waals surface area contributed by atoms with Crippen LogP contribution in [0.2, 0.25) is 0 Å². The maximum atomic E-state index is 13.6. The van der Waals surface area contributed by atoms with E-state index in [4.69, 9.17) is 9.40 Å². The van der Waals surface area contributed by atoms with Gasteiger partial charge in [-0.3, -0.25) is 13.7 Å². The van der Waals surface area contributed by atoms with Gasteiger partial charge in [0.2, 0.25) is 10.0 Å². The van der Waals surface area contributed by atoms with Crippen LogP contribution in [0, 0.1) is 12.7 Å². The Morgan fingerprint density at radius 2 is 1.74 bits per heavy atom. The summed E-state index contributed by atoms with van der Waals surface area (Å²) < 4.78 is 48.2. The molecule has 0 atom stereocenters. The molecular weight excluding hydrogens is 557 g/mol. The number of carbonyl (C=O) groups excluding carboxylic acids is 1. The molecule has 0 aliphatic carbocycles. The second kappa shape index (κ2) is 10.1. The number of sulfonamides is 1. The zero-order valence-corrected chi connectivity index (χ0v) is 24.0. The number of hydrogen-bond acceptors (Lipinski definition) is 6. The molecule has 212 valence electrons. The van der Waals surface area contributed by atoms with Crippen LogP contribution in [-0.2, 0) is 10.0 Å². The Balaban J connectivity index is 1.63. The van der Waals surface area contributed by atoms with Gasteiger partial charge >= 0.3 is 0 Å². The number of pyridine rings is 1. The summed E-state index contributed by atoms with van der Waals surface area (Å²) in [5.41, 5.74) is 5.40. The van der Waals surface area contributed by atoms with Crippen molar-refractivity contribution < 1.29 is 22.0 Å². The van der Waals surface area contributed by atoms with Gasteiger partial charge in [0.25, 0.3) is 5.91 Å². The SMILES string of the molecule is CNC(=O)c1c(-c2ccc(C)cc2)oc2cc(N(C)S(C)(=O)=O)c(-c3ccc4ncn(-c5ccc(F)cc5)c4n3)cc12. The first-order valence-electron chi connectivity index (χ1n) is 13.0. The van der Waals surface area contributed by atoms with Crippen molar-refractivity contribution in [3.8, 4) is 28.3 Å². The minimum absolute atomic E-state index is 0.317. The topological polar surface area (TPSA) is 110 Å². The lowest BCUT2D eigenvalue weighted by Gasteiger charge is -2.20. The molecule has 1 N–H and O–H groups in total. The summed E-state index contributed by atoms with van der Waals surface area (Å²) in [4.78, 5) is 22.5. The van der Waals surface area contributed by atoms with Crippen molar-refractivity contribution in [2.45, 2.75) is 6.92 Å². The van der Waals surface area contributed by atoms with E-state index < -0.39 is 10.0 Å². The highest BCUT2D eigenvalue weighted by Gasteiger charge is 2.26. The Bertz CT molecular complexity index is 2100. The Labute approximate surface area is 241 Å². The fourth-order valence-corrected chi connectivity index (χ4v) is 5.38. The summed E-state index contributed by atoms with van der Waals surface area (Å²) in [6, 6.07) is 20.4. The molecule has 3 aromatic heterocycles. The molecule has 3 aromatic carbocycles. The summed E-state index contributed by atoms with van der Waals surface area (Å²) in [5.74, 6) is -0.347. The molecule has 0 aliphatic rings. The van der Waals surface area contributed by atoms with Crippen LogP contribution < -0.4 is 9.62 Å². The largest absolute Gasteiger partial charge is 0.455 e. The number of anilines is 1. The zero-order chi connectivity index (χ0) is 29.8. The van der Waals surface area contributed by atoms with Crippen molar-refractivity contribution in [3.05, 3.63) is 96.1 Å². The van der Waals surface area contributed by atoms with E-state index in [9.17, 15) is 17.6 Å². The molecule has 0 unspecified atom stereocenters. The van der Waals surface area contributed by atoms with Gasteiger partial charge in [-0.15, -0.1) is 0 Å². The monoisotopic (exact) mass is 583 g/mol. The number of rotatable bonds is 6. The Kier molecular flexibility index (Phi) is 6.53. The molecule has 11 heteroatoms. The fraction of sp³-hybridized carbons (Fsp3) is 0.129. The second-order valence-electron chi connectivity index (χ2n) is 9.98. The van der Waals surface area contributed by atoms with Crippen LogP contribution in [-0.4, -0.2) is 49.2 Å². The lowest BCUT2D eigenvalue weighted by atomic mass is 10.0. The highest BCUT2D eigenvalue weighted by atomic mass is 32.2. The smallest absolute Gasteiger partial charge is 0.255 e. The number of carbonyl (C=O) groups is 1. The number of nitrogens with zero attached hydrogens (tertiary/aromatic N) is 4. The molecule has 0 aliphatic heterocycles. The molecule has 0 saturated carbocycles. The van der Waals surface area contributed by atoms with Crippen molar-refractivity contribution in [2.75, 3.05) is 24.7 Å². The number of imidazole rings is 1. The third kappa shape index (κ3) is 4.67. The Morgan fingerprint density at radius 1 is 1.02 bits per heavy atom. The number of aromatic nitrogens is 3. The molecule has 0 saturated heterocycles. The molecule has 9 nitrogen and oxygen atoms in total. The molecule has 0 radical (unpaired) electrons.